The minimum atomic E-state index is -0.205. The number of likely N-dealkylation sites (N-methyl/N-ethyl adjacent to an activating group) is 1. The van der Waals surface area contributed by atoms with E-state index in [1.807, 2.05) is 32.9 Å². The molecule has 0 radical (unpaired) electrons. The molecule has 0 aliphatic carbocycles. The van der Waals surface area contributed by atoms with Gasteiger partial charge in [-0.3, -0.25) is 9.59 Å². The molecule has 0 saturated heterocycles. The normalized spacial score (nSPS) is 10.5. The summed E-state index contributed by atoms with van der Waals surface area (Å²) in [6.07, 6.45) is 0.185. The Morgan fingerprint density at radius 3 is 2.42 bits per heavy atom. The lowest BCUT2D eigenvalue weighted by atomic mass is 10.1. The van der Waals surface area contributed by atoms with Gasteiger partial charge in [0.05, 0.1) is 24.3 Å². The number of aryl methyl sites for hydroxylation is 1. The summed E-state index contributed by atoms with van der Waals surface area (Å²) in [5, 5.41) is 10.4. The van der Waals surface area contributed by atoms with E-state index in [9.17, 15) is 9.59 Å². The van der Waals surface area contributed by atoms with Crippen LogP contribution in [0.5, 0.6) is 0 Å². The Balaban J connectivity index is 2.10. The van der Waals surface area contributed by atoms with E-state index in [1.165, 1.54) is 0 Å². The van der Waals surface area contributed by atoms with Gasteiger partial charge in [-0.05, 0) is 45.0 Å². The minimum Gasteiger partial charge on any atom is -0.355 e. The Kier molecular flexibility index (Phi) is 5.98. The lowest BCUT2D eigenvalue weighted by molar-refractivity contribution is -0.125. The Labute approximate surface area is 146 Å². The maximum Gasteiger partial charge on any atom is 0.239 e. The number of rotatable bonds is 6. The number of nitrogens with one attached hydrogen (secondary N) is 2. The van der Waals surface area contributed by atoms with Gasteiger partial charge in [0, 0.05) is 22.8 Å². The van der Waals surface area contributed by atoms with Crippen molar-refractivity contribution in [2.75, 3.05) is 13.1 Å². The summed E-state index contributed by atoms with van der Waals surface area (Å²) >= 11 is 5.91. The number of hydrogen-bond acceptors (Lipinski definition) is 3. The van der Waals surface area contributed by atoms with Crippen molar-refractivity contribution < 1.29 is 9.59 Å². The quantitative estimate of drug-likeness (QED) is 0.837. The number of halogens is 1. The molecule has 0 unspecified atom stereocenters. The van der Waals surface area contributed by atoms with Gasteiger partial charge in [-0.1, -0.05) is 11.6 Å². The number of amides is 2. The molecule has 1 heterocycles. The Morgan fingerprint density at radius 1 is 1.12 bits per heavy atom. The minimum absolute atomic E-state index is 0.0178. The third kappa shape index (κ3) is 4.35. The number of benzene rings is 1. The van der Waals surface area contributed by atoms with Crippen LogP contribution in [0.15, 0.2) is 24.3 Å². The molecule has 6 nitrogen and oxygen atoms in total. The Hall–Kier alpha value is -2.34. The van der Waals surface area contributed by atoms with Gasteiger partial charge in [0.15, 0.2) is 0 Å². The summed E-state index contributed by atoms with van der Waals surface area (Å²) in [7, 11) is 0. The van der Waals surface area contributed by atoms with Crippen LogP contribution in [-0.4, -0.2) is 34.7 Å². The molecule has 24 heavy (non-hydrogen) atoms. The molecule has 0 spiro atoms. The second-order valence-corrected chi connectivity index (χ2v) is 5.88. The highest BCUT2D eigenvalue weighted by Gasteiger charge is 2.16. The van der Waals surface area contributed by atoms with Crippen molar-refractivity contribution in [3.63, 3.8) is 0 Å². The lowest BCUT2D eigenvalue weighted by Gasteiger charge is -2.07. The Morgan fingerprint density at radius 2 is 1.79 bits per heavy atom. The van der Waals surface area contributed by atoms with Crippen LogP contribution in [0.2, 0.25) is 5.02 Å². The zero-order valence-corrected chi connectivity index (χ0v) is 14.8. The van der Waals surface area contributed by atoms with Crippen LogP contribution in [0.3, 0.4) is 0 Å². The zero-order valence-electron chi connectivity index (χ0n) is 14.0. The predicted octanol–water partition coefficient (Wildman–Crippen LogP) is 1.94. The van der Waals surface area contributed by atoms with Crippen LogP contribution in [0.25, 0.3) is 5.69 Å². The van der Waals surface area contributed by atoms with Gasteiger partial charge >= 0.3 is 0 Å². The fourth-order valence-corrected chi connectivity index (χ4v) is 2.55. The SMILES string of the molecule is CCNC(=O)CNC(=O)Cc1c(C)nn(-c2ccc(Cl)cc2)c1C. The first-order valence-corrected chi connectivity index (χ1v) is 8.14. The molecule has 0 aliphatic rings. The van der Waals surface area contributed by atoms with Gasteiger partial charge in [0.2, 0.25) is 11.8 Å². The van der Waals surface area contributed by atoms with E-state index in [1.54, 1.807) is 16.8 Å². The van der Waals surface area contributed by atoms with E-state index in [0.29, 0.717) is 11.6 Å². The largest absolute Gasteiger partial charge is 0.355 e. The highest BCUT2D eigenvalue weighted by molar-refractivity contribution is 6.30. The molecule has 1 aromatic heterocycles. The maximum absolute atomic E-state index is 12.1. The third-order valence-corrected chi connectivity index (χ3v) is 3.92. The highest BCUT2D eigenvalue weighted by atomic mass is 35.5. The molecule has 2 amide bonds. The second-order valence-electron chi connectivity index (χ2n) is 5.44. The van der Waals surface area contributed by atoms with Gasteiger partial charge in [0.25, 0.3) is 0 Å². The van der Waals surface area contributed by atoms with Crippen LogP contribution in [-0.2, 0) is 16.0 Å². The van der Waals surface area contributed by atoms with Crippen molar-refractivity contribution in [3.8, 4) is 5.69 Å². The van der Waals surface area contributed by atoms with Gasteiger partial charge in [-0.25, -0.2) is 4.68 Å². The van der Waals surface area contributed by atoms with E-state index in [2.05, 4.69) is 15.7 Å². The first-order chi connectivity index (χ1) is 11.4. The van der Waals surface area contributed by atoms with Gasteiger partial charge in [0.1, 0.15) is 0 Å². The number of aromatic nitrogens is 2. The molecule has 7 heteroatoms. The van der Waals surface area contributed by atoms with Crippen LogP contribution >= 0.6 is 11.6 Å². The van der Waals surface area contributed by atoms with E-state index in [0.717, 1.165) is 22.6 Å². The first kappa shape index (κ1) is 18.0. The topological polar surface area (TPSA) is 76.0 Å². The van der Waals surface area contributed by atoms with Crippen LogP contribution in [0, 0.1) is 13.8 Å². The molecule has 0 fully saturated rings. The van der Waals surface area contributed by atoms with Gasteiger partial charge < -0.3 is 10.6 Å². The molecule has 0 bridgehead atoms. The average molecular weight is 349 g/mol. The fraction of sp³-hybridized carbons (Fsp3) is 0.353. The molecule has 2 aromatic rings. The Bertz CT molecular complexity index is 738. The fourth-order valence-electron chi connectivity index (χ4n) is 2.43. The predicted molar refractivity (Wildman–Crippen MR) is 93.4 cm³/mol. The van der Waals surface area contributed by atoms with Crippen molar-refractivity contribution in [1.29, 1.82) is 0 Å². The summed E-state index contributed by atoms with van der Waals surface area (Å²) in [6.45, 7) is 6.14. The highest BCUT2D eigenvalue weighted by Crippen LogP contribution is 2.20. The second kappa shape index (κ2) is 7.97. The first-order valence-electron chi connectivity index (χ1n) is 7.76. The zero-order chi connectivity index (χ0) is 17.7. The van der Waals surface area contributed by atoms with E-state index in [4.69, 9.17) is 11.6 Å². The van der Waals surface area contributed by atoms with Crippen LogP contribution in [0.1, 0.15) is 23.9 Å². The van der Waals surface area contributed by atoms with Gasteiger partial charge in [-0.2, -0.15) is 5.10 Å². The molecule has 2 N–H and O–H groups in total. The van der Waals surface area contributed by atoms with Crippen LogP contribution < -0.4 is 10.6 Å². The third-order valence-electron chi connectivity index (χ3n) is 3.67. The summed E-state index contributed by atoms with van der Waals surface area (Å²) in [5.74, 6) is -0.403. The van der Waals surface area contributed by atoms with E-state index < -0.39 is 0 Å². The average Bonchev–Trinajstić information content (AvgIpc) is 2.82. The van der Waals surface area contributed by atoms with Crippen molar-refractivity contribution in [2.24, 2.45) is 0 Å². The molecule has 0 saturated carbocycles. The van der Waals surface area contributed by atoms with E-state index >= 15 is 0 Å². The van der Waals surface area contributed by atoms with Crippen molar-refractivity contribution in [1.82, 2.24) is 20.4 Å². The number of nitrogens with zero attached hydrogens (tertiary/aromatic N) is 2. The molecule has 1 aromatic carbocycles. The van der Waals surface area contributed by atoms with Gasteiger partial charge in [-0.15, -0.1) is 0 Å². The summed E-state index contributed by atoms with van der Waals surface area (Å²) in [5.41, 5.74) is 3.42. The summed E-state index contributed by atoms with van der Waals surface area (Å²) in [4.78, 5) is 23.5. The van der Waals surface area contributed by atoms with Crippen molar-refractivity contribution in [2.45, 2.75) is 27.2 Å². The molecule has 0 aliphatic heterocycles. The molecular formula is C17H21ClN4O2. The van der Waals surface area contributed by atoms with E-state index in [-0.39, 0.29) is 24.8 Å². The number of hydrogen-bond donors (Lipinski definition) is 2. The monoisotopic (exact) mass is 348 g/mol. The smallest absolute Gasteiger partial charge is 0.239 e. The van der Waals surface area contributed by atoms with Crippen molar-refractivity contribution in [3.05, 3.63) is 46.2 Å². The lowest BCUT2D eigenvalue weighted by Crippen LogP contribution is -2.37. The number of carbonyl (C=O) groups excluding carboxylic acids is 2. The standard InChI is InChI=1S/C17H21ClN4O2/c1-4-19-17(24)10-20-16(23)9-15-11(2)21-22(12(15)3)14-7-5-13(18)6-8-14/h5-8H,4,9-10H2,1-3H3,(H,19,24)(H,20,23). The molecular weight excluding hydrogens is 328 g/mol. The van der Waals surface area contributed by atoms with Crippen LogP contribution in [0.4, 0.5) is 0 Å². The molecule has 0 atom stereocenters. The number of carbonyl (C=O) groups is 2. The van der Waals surface area contributed by atoms with Crippen molar-refractivity contribution >= 4 is 23.4 Å². The molecule has 128 valence electrons. The summed E-state index contributed by atoms with van der Waals surface area (Å²) in [6, 6.07) is 7.35. The molecule has 2 rings (SSSR count). The maximum atomic E-state index is 12.1. The summed E-state index contributed by atoms with van der Waals surface area (Å²) < 4.78 is 1.79.